The van der Waals surface area contributed by atoms with Crippen LogP contribution in [0.25, 0.3) is 0 Å². The molecule has 0 aliphatic carbocycles. The lowest BCUT2D eigenvalue weighted by Gasteiger charge is -2.43. The number of hydrazine groups is 1. The highest BCUT2D eigenvalue weighted by Crippen LogP contribution is 2.23. The van der Waals surface area contributed by atoms with Crippen molar-refractivity contribution in [1.29, 1.82) is 0 Å². The van der Waals surface area contributed by atoms with Crippen LogP contribution in [0.5, 0.6) is 0 Å². The van der Waals surface area contributed by atoms with Gasteiger partial charge in [0.15, 0.2) is 0 Å². The van der Waals surface area contributed by atoms with Crippen LogP contribution in [0.15, 0.2) is 0 Å². The van der Waals surface area contributed by atoms with E-state index in [1.54, 1.807) is 0 Å². The van der Waals surface area contributed by atoms with Crippen LogP contribution >= 0.6 is 0 Å². The first-order valence-corrected chi connectivity index (χ1v) is 6.02. The zero-order chi connectivity index (χ0) is 10.8. The summed E-state index contributed by atoms with van der Waals surface area (Å²) in [7, 11) is 0. The van der Waals surface area contributed by atoms with Crippen molar-refractivity contribution in [2.45, 2.75) is 39.2 Å². The molecule has 0 aromatic heterocycles. The Hall–Kier alpha value is -0.610. The summed E-state index contributed by atoms with van der Waals surface area (Å²) < 4.78 is 0. The second-order valence-electron chi connectivity index (χ2n) is 4.63. The molecule has 0 aromatic rings. The van der Waals surface area contributed by atoms with Gasteiger partial charge in [0.25, 0.3) is 0 Å². The lowest BCUT2D eigenvalue weighted by molar-refractivity contribution is -0.163. The molecule has 2 rings (SSSR count). The van der Waals surface area contributed by atoms with E-state index in [0.717, 1.165) is 32.6 Å². The fourth-order valence-corrected chi connectivity index (χ4v) is 2.55. The maximum atomic E-state index is 12.2. The summed E-state index contributed by atoms with van der Waals surface area (Å²) in [4.78, 5) is 12.2. The fraction of sp³-hybridized carbons (Fsp3) is 0.909. The predicted octanol–water partition coefficient (Wildman–Crippen LogP) is 0.801. The molecule has 4 heteroatoms. The van der Waals surface area contributed by atoms with Gasteiger partial charge in [-0.2, -0.15) is 0 Å². The first-order chi connectivity index (χ1) is 7.24. The highest BCUT2D eigenvalue weighted by atomic mass is 16.2. The third-order valence-electron chi connectivity index (χ3n) is 3.47. The number of carbonyl (C=O) groups excluding carboxylic acids is 1. The van der Waals surface area contributed by atoms with Gasteiger partial charge in [-0.1, -0.05) is 13.8 Å². The molecule has 1 amide bonds. The Morgan fingerprint density at radius 1 is 1.53 bits per heavy atom. The first kappa shape index (κ1) is 10.9. The van der Waals surface area contributed by atoms with Crippen molar-refractivity contribution < 1.29 is 4.79 Å². The Labute approximate surface area is 91.6 Å². The van der Waals surface area contributed by atoms with Gasteiger partial charge in [-0.25, -0.2) is 5.01 Å². The molecule has 2 aliphatic rings. The van der Waals surface area contributed by atoms with Crippen LogP contribution in [0.3, 0.4) is 0 Å². The second kappa shape index (κ2) is 4.49. The van der Waals surface area contributed by atoms with Crippen LogP contribution in [0.1, 0.15) is 33.1 Å². The van der Waals surface area contributed by atoms with Gasteiger partial charge in [0.05, 0.1) is 6.67 Å². The number of amides is 1. The van der Waals surface area contributed by atoms with Crippen LogP contribution in [-0.4, -0.2) is 41.7 Å². The first-order valence-electron chi connectivity index (χ1n) is 6.02. The van der Waals surface area contributed by atoms with Crippen molar-refractivity contribution in [3.05, 3.63) is 0 Å². The van der Waals surface area contributed by atoms with E-state index in [1.165, 1.54) is 6.42 Å². The maximum Gasteiger partial charge on any atom is 0.241 e. The molecule has 2 fully saturated rings. The third-order valence-corrected chi connectivity index (χ3v) is 3.47. The molecule has 0 saturated carbocycles. The molecule has 0 bridgehead atoms. The molecule has 4 nitrogen and oxygen atoms in total. The number of nitrogens with zero attached hydrogens (tertiary/aromatic N) is 2. The van der Waals surface area contributed by atoms with E-state index in [1.807, 2.05) is 11.9 Å². The van der Waals surface area contributed by atoms with Gasteiger partial charge in [-0.05, 0) is 19.3 Å². The number of hydrogen-bond acceptors (Lipinski definition) is 3. The minimum Gasteiger partial charge on any atom is -0.302 e. The molecule has 2 saturated heterocycles. The number of hydrogen-bond donors (Lipinski definition) is 1. The normalized spacial score (nSPS) is 33.7. The van der Waals surface area contributed by atoms with E-state index in [2.05, 4.69) is 17.2 Å². The largest absolute Gasteiger partial charge is 0.302 e. The molecule has 0 radical (unpaired) electrons. The topological polar surface area (TPSA) is 35.6 Å². The van der Waals surface area contributed by atoms with Crippen molar-refractivity contribution in [2.24, 2.45) is 5.92 Å². The van der Waals surface area contributed by atoms with Crippen molar-refractivity contribution in [3.8, 4) is 0 Å². The summed E-state index contributed by atoms with van der Waals surface area (Å²) >= 11 is 0. The van der Waals surface area contributed by atoms with Gasteiger partial charge in [0.2, 0.25) is 5.91 Å². The Morgan fingerprint density at radius 2 is 2.33 bits per heavy atom. The van der Waals surface area contributed by atoms with Crippen LogP contribution < -0.4 is 5.32 Å². The van der Waals surface area contributed by atoms with E-state index < -0.39 is 0 Å². The molecular weight excluding hydrogens is 190 g/mol. The monoisotopic (exact) mass is 211 g/mol. The van der Waals surface area contributed by atoms with E-state index in [-0.39, 0.29) is 5.92 Å². The van der Waals surface area contributed by atoms with Crippen molar-refractivity contribution in [1.82, 2.24) is 15.3 Å². The van der Waals surface area contributed by atoms with Gasteiger partial charge in [-0.3, -0.25) is 9.80 Å². The fourth-order valence-electron chi connectivity index (χ4n) is 2.55. The van der Waals surface area contributed by atoms with Gasteiger partial charge in [-0.15, -0.1) is 0 Å². The van der Waals surface area contributed by atoms with Crippen LogP contribution in [0.4, 0.5) is 0 Å². The summed E-state index contributed by atoms with van der Waals surface area (Å²) in [5.41, 5.74) is 0. The van der Waals surface area contributed by atoms with Gasteiger partial charge >= 0.3 is 0 Å². The molecule has 0 aromatic carbocycles. The minimum absolute atomic E-state index is 0.113. The lowest BCUT2D eigenvalue weighted by atomic mass is 10.0. The number of fused-ring (bicyclic) bond motifs is 1. The van der Waals surface area contributed by atoms with E-state index in [9.17, 15) is 4.79 Å². The Morgan fingerprint density at radius 3 is 3.07 bits per heavy atom. The van der Waals surface area contributed by atoms with Gasteiger partial charge < -0.3 is 5.32 Å². The average molecular weight is 211 g/mol. The molecule has 1 N–H and O–H groups in total. The highest BCUT2D eigenvalue weighted by Gasteiger charge is 2.35. The summed E-state index contributed by atoms with van der Waals surface area (Å²) in [6.45, 7) is 6.83. The van der Waals surface area contributed by atoms with Crippen LogP contribution in [0, 0.1) is 5.92 Å². The van der Waals surface area contributed by atoms with Gasteiger partial charge in [0, 0.05) is 25.0 Å². The Bertz CT molecular complexity index is 244. The molecule has 0 spiro atoms. The Kier molecular flexibility index (Phi) is 3.26. The highest BCUT2D eigenvalue weighted by molar-refractivity contribution is 5.78. The number of carbonyl (C=O) groups is 1. The maximum absolute atomic E-state index is 12.2. The molecule has 2 atom stereocenters. The van der Waals surface area contributed by atoms with Crippen molar-refractivity contribution in [2.75, 3.05) is 19.8 Å². The summed E-state index contributed by atoms with van der Waals surface area (Å²) in [5, 5.41) is 7.54. The van der Waals surface area contributed by atoms with E-state index >= 15 is 0 Å². The standard InChI is InChI=1S/C11H21N3O/c1-3-10-5-4-6-13-8-12-7-9(2)11(15)14(10)13/h9-10,12H,3-8H2,1-2H3. The third kappa shape index (κ3) is 2.01. The molecule has 2 unspecified atom stereocenters. The van der Waals surface area contributed by atoms with E-state index in [0.29, 0.717) is 11.9 Å². The summed E-state index contributed by atoms with van der Waals surface area (Å²) in [5.74, 6) is 0.411. The summed E-state index contributed by atoms with van der Waals surface area (Å²) in [6.07, 6.45) is 3.43. The molecule has 15 heavy (non-hydrogen) atoms. The average Bonchev–Trinajstić information content (AvgIpc) is 2.40. The van der Waals surface area contributed by atoms with Crippen LogP contribution in [-0.2, 0) is 4.79 Å². The summed E-state index contributed by atoms with van der Waals surface area (Å²) in [6, 6.07) is 0.425. The molecule has 86 valence electrons. The molecule has 2 heterocycles. The molecular formula is C11H21N3O. The Balaban J connectivity index is 2.18. The quantitative estimate of drug-likeness (QED) is 0.697. The second-order valence-corrected chi connectivity index (χ2v) is 4.63. The minimum atomic E-state index is 0.113. The van der Waals surface area contributed by atoms with E-state index in [4.69, 9.17) is 0 Å². The molecule has 2 aliphatic heterocycles. The zero-order valence-electron chi connectivity index (χ0n) is 9.70. The zero-order valence-corrected chi connectivity index (χ0v) is 9.70. The smallest absolute Gasteiger partial charge is 0.241 e. The number of nitrogens with one attached hydrogen (secondary N) is 1. The lowest BCUT2D eigenvalue weighted by Crippen LogP contribution is -2.56. The van der Waals surface area contributed by atoms with Crippen LogP contribution in [0.2, 0.25) is 0 Å². The van der Waals surface area contributed by atoms with Gasteiger partial charge in [0.1, 0.15) is 0 Å². The number of rotatable bonds is 1. The predicted molar refractivity (Wildman–Crippen MR) is 58.9 cm³/mol. The van der Waals surface area contributed by atoms with Crippen molar-refractivity contribution in [3.63, 3.8) is 0 Å². The SMILES string of the molecule is CCC1CCCN2CNCC(C)C(=O)N12. The van der Waals surface area contributed by atoms with Crippen molar-refractivity contribution >= 4 is 5.91 Å².